The molecule has 0 spiro atoms. The number of hydrogen-bond acceptors (Lipinski definition) is 4. The molecule has 0 fully saturated rings. The summed E-state index contributed by atoms with van der Waals surface area (Å²) in [4.78, 5) is 4.01. The van der Waals surface area contributed by atoms with Crippen LogP contribution in [-0.4, -0.2) is 37.8 Å². The highest BCUT2D eigenvalue weighted by molar-refractivity contribution is 7.89. The summed E-state index contributed by atoms with van der Waals surface area (Å²) in [5, 5.41) is 2.95. The summed E-state index contributed by atoms with van der Waals surface area (Å²) in [5.41, 5.74) is 0.520. The Hall–Kier alpha value is -1.14. The zero-order chi connectivity index (χ0) is 14.6. The van der Waals surface area contributed by atoms with Gasteiger partial charge in [-0.05, 0) is 31.4 Å². The Bertz CT molecular complexity index is 514. The number of nitrogens with zero attached hydrogens (tertiary/aromatic N) is 2. The summed E-state index contributed by atoms with van der Waals surface area (Å²) in [5.74, 6) is 0.445. The third-order valence-electron chi connectivity index (χ3n) is 3.10. The molecule has 0 bridgehead atoms. The summed E-state index contributed by atoms with van der Waals surface area (Å²) < 4.78 is 26.5. The van der Waals surface area contributed by atoms with Crippen molar-refractivity contribution in [2.24, 2.45) is 5.92 Å². The normalized spacial score (nSPS) is 13.8. The molecule has 0 aliphatic heterocycles. The number of anilines is 1. The van der Waals surface area contributed by atoms with Gasteiger partial charge in [0.25, 0.3) is 10.0 Å². The lowest BCUT2D eigenvalue weighted by atomic mass is 10.1. The SMILES string of the molecule is CNc1cccnc1S(=O)(=O)N(C)C(C)CC(C)C. The van der Waals surface area contributed by atoms with E-state index in [1.807, 2.05) is 6.92 Å². The first-order chi connectivity index (χ1) is 8.80. The monoisotopic (exact) mass is 285 g/mol. The minimum Gasteiger partial charge on any atom is -0.386 e. The fourth-order valence-electron chi connectivity index (χ4n) is 1.99. The van der Waals surface area contributed by atoms with Gasteiger partial charge in [-0.3, -0.25) is 0 Å². The molecule has 5 nitrogen and oxygen atoms in total. The largest absolute Gasteiger partial charge is 0.386 e. The van der Waals surface area contributed by atoms with Crippen LogP contribution in [0.4, 0.5) is 5.69 Å². The van der Waals surface area contributed by atoms with Crippen molar-refractivity contribution in [3.8, 4) is 0 Å². The maximum absolute atomic E-state index is 12.6. The first-order valence-corrected chi connectivity index (χ1v) is 7.85. The zero-order valence-corrected chi connectivity index (χ0v) is 13.0. The molecule has 0 aliphatic carbocycles. The molecule has 1 N–H and O–H groups in total. The Kier molecular flexibility index (Phi) is 5.31. The van der Waals surface area contributed by atoms with Crippen LogP contribution in [0.1, 0.15) is 27.2 Å². The second kappa shape index (κ2) is 6.34. The van der Waals surface area contributed by atoms with Crippen molar-refractivity contribution in [3.05, 3.63) is 18.3 Å². The Morgan fingerprint density at radius 3 is 2.53 bits per heavy atom. The van der Waals surface area contributed by atoms with E-state index in [2.05, 4.69) is 24.1 Å². The topological polar surface area (TPSA) is 62.3 Å². The molecule has 1 aromatic heterocycles. The van der Waals surface area contributed by atoms with Gasteiger partial charge in [-0.15, -0.1) is 0 Å². The van der Waals surface area contributed by atoms with Crippen LogP contribution < -0.4 is 5.32 Å². The number of aromatic nitrogens is 1. The molecule has 1 rings (SSSR count). The second-order valence-electron chi connectivity index (χ2n) is 5.11. The number of sulfonamides is 1. The van der Waals surface area contributed by atoms with Crippen LogP contribution in [0.3, 0.4) is 0 Å². The van der Waals surface area contributed by atoms with E-state index in [0.717, 1.165) is 6.42 Å². The van der Waals surface area contributed by atoms with Gasteiger partial charge in [0.1, 0.15) is 0 Å². The highest BCUT2D eigenvalue weighted by Crippen LogP contribution is 2.23. The first kappa shape index (κ1) is 15.9. The fraction of sp³-hybridized carbons (Fsp3) is 0.615. The lowest BCUT2D eigenvalue weighted by Crippen LogP contribution is -2.36. The van der Waals surface area contributed by atoms with Crippen LogP contribution in [0.25, 0.3) is 0 Å². The first-order valence-electron chi connectivity index (χ1n) is 6.41. The molecule has 1 unspecified atom stereocenters. The van der Waals surface area contributed by atoms with Gasteiger partial charge in [0.15, 0.2) is 5.03 Å². The predicted molar refractivity (Wildman–Crippen MR) is 77.6 cm³/mol. The smallest absolute Gasteiger partial charge is 0.262 e. The average molecular weight is 285 g/mol. The maximum Gasteiger partial charge on any atom is 0.262 e. The van der Waals surface area contributed by atoms with E-state index in [4.69, 9.17) is 0 Å². The van der Waals surface area contributed by atoms with Crippen molar-refractivity contribution in [2.45, 2.75) is 38.3 Å². The van der Waals surface area contributed by atoms with E-state index in [-0.39, 0.29) is 11.1 Å². The number of rotatable bonds is 6. The van der Waals surface area contributed by atoms with Gasteiger partial charge < -0.3 is 5.32 Å². The van der Waals surface area contributed by atoms with E-state index in [1.54, 1.807) is 26.2 Å². The molecule has 1 heterocycles. The Morgan fingerprint density at radius 2 is 2.00 bits per heavy atom. The summed E-state index contributed by atoms with van der Waals surface area (Å²) in [6.45, 7) is 6.08. The van der Waals surface area contributed by atoms with Gasteiger partial charge in [0.2, 0.25) is 0 Å². The summed E-state index contributed by atoms with van der Waals surface area (Å²) in [6.07, 6.45) is 2.31. The number of hydrogen-bond donors (Lipinski definition) is 1. The summed E-state index contributed by atoms with van der Waals surface area (Å²) >= 11 is 0. The van der Waals surface area contributed by atoms with Gasteiger partial charge >= 0.3 is 0 Å². The molecule has 1 atom stereocenters. The lowest BCUT2D eigenvalue weighted by Gasteiger charge is -2.25. The van der Waals surface area contributed by atoms with Crippen molar-refractivity contribution < 1.29 is 8.42 Å². The quantitative estimate of drug-likeness (QED) is 0.870. The van der Waals surface area contributed by atoms with Crippen molar-refractivity contribution in [1.29, 1.82) is 0 Å². The molecular formula is C13H23N3O2S. The van der Waals surface area contributed by atoms with E-state index in [0.29, 0.717) is 11.6 Å². The molecule has 6 heteroatoms. The highest BCUT2D eigenvalue weighted by Gasteiger charge is 2.28. The zero-order valence-electron chi connectivity index (χ0n) is 12.2. The minimum atomic E-state index is -3.57. The minimum absolute atomic E-state index is 0.0586. The van der Waals surface area contributed by atoms with Crippen LogP contribution in [0, 0.1) is 5.92 Å². The highest BCUT2D eigenvalue weighted by atomic mass is 32.2. The van der Waals surface area contributed by atoms with Gasteiger partial charge in [-0.2, -0.15) is 4.31 Å². The molecule has 0 saturated heterocycles. The Balaban J connectivity index is 3.09. The molecule has 1 aromatic rings. The van der Waals surface area contributed by atoms with Crippen molar-refractivity contribution >= 4 is 15.7 Å². The molecule has 0 aromatic carbocycles. The lowest BCUT2D eigenvalue weighted by molar-refractivity contribution is 0.337. The Morgan fingerprint density at radius 1 is 1.37 bits per heavy atom. The van der Waals surface area contributed by atoms with E-state index >= 15 is 0 Å². The molecule has 108 valence electrons. The molecule has 0 saturated carbocycles. The van der Waals surface area contributed by atoms with Gasteiger partial charge in [0, 0.05) is 26.3 Å². The third-order valence-corrected chi connectivity index (χ3v) is 5.03. The van der Waals surface area contributed by atoms with Crippen LogP contribution in [0.5, 0.6) is 0 Å². The van der Waals surface area contributed by atoms with Crippen LogP contribution in [0.2, 0.25) is 0 Å². The van der Waals surface area contributed by atoms with E-state index in [1.165, 1.54) is 10.5 Å². The van der Waals surface area contributed by atoms with E-state index in [9.17, 15) is 8.42 Å². The number of nitrogens with one attached hydrogen (secondary N) is 1. The van der Waals surface area contributed by atoms with Crippen LogP contribution in [-0.2, 0) is 10.0 Å². The predicted octanol–water partition coefficient (Wildman–Crippen LogP) is 2.18. The summed E-state index contributed by atoms with van der Waals surface area (Å²) in [6, 6.07) is 3.36. The molecule has 0 radical (unpaired) electrons. The second-order valence-corrected chi connectivity index (χ2v) is 7.02. The van der Waals surface area contributed by atoms with Gasteiger partial charge in [-0.25, -0.2) is 13.4 Å². The van der Waals surface area contributed by atoms with Crippen LogP contribution in [0.15, 0.2) is 23.4 Å². The van der Waals surface area contributed by atoms with Gasteiger partial charge in [-0.1, -0.05) is 13.8 Å². The van der Waals surface area contributed by atoms with Crippen LogP contribution >= 0.6 is 0 Å². The number of pyridine rings is 1. The third kappa shape index (κ3) is 3.67. The molecule has 19 heavy (non-hydrogen) atoms. The molecule has 0 amide bonds. The fourth-order valence-corrected chi connectivity index (χ4v) is 3.47. The van der Waals surface area contributed by atoms with Gasteiger partial charge in [0.05, 0.1) is 5.69 Å². The molecular weight excluding hydrogens is 262 g/mol. The van der Waals surface area contributed by atoms with Crippen molar-refractivity contribution in [2.75, 3.05) is 19.4 Å². The average Bonchev–Trinajstić information content (AvgIpc) is 2.36. The standard InChI is InChI=1S/C13H23N3O2S/c1-10(2)9-11(3)16(5)19(17,18)13-12(14-4)7-6-8-15-13/h6-8,10-11,14H,9H2,1-5H3. The van der Waals surface area contributed by atoms with Crippen molar-refractivity contribution in [3.63, 3.8) is 0 Å². The summed E-state index contributed by atoms with van der Waals surface area (Å²) in [7, 11) is -0.271. The van der Waals surface area contributed by atoms with Crippen molar-refractivity contribution in [1.82, 2.24) is 9.29 Å². The maximum atomic E-state index is 12.6. The molecule has 0 aliphatic rings. The Labute approximate surface area is 116 Å². The van der Waals surface area contributed by atoms with E-state index < -0.39 is 10.0 Å².